The molecule has 0 spiro atoms. The van der Waals surface area contributed by atoms with Crippen LogP contribution in [0.15, 0.2) is 160 Å². The molecule has 0 atom stereocenters. The van der Waals surface area contributed by atoms with Gasteiger partial charge >= 0.3 is 0 Å². The Morgan fingerprint density at radius 2 is 0.871 bits per heavy atom. The van der Waals surface area contributed by atoms with E-state index in [1.165, 1.54) is 116 Å². The Morgan fingerprint density at radius 1 is 0.371 bits per heavy atom. The number of hydrogen-bond donors (Lipinski definition) is 0. The standard InChI is InChI=1S/C67H55NO2/c1-36-31-38(3)62(39(4)32-36)68(40-27-29-44-50(33-40)65(5,6)52-35-48(42-20-12-11-19-37(42)2)63-57(55(44)52)46-22-14-17-25-53(46)69-63)41-28-30-45-51(34-41)67(9,10)60-56(45)58-47-23-15-18-26-54(47)70-64(58)59-43-21-13-16-24-49(43)66(7,8)61(59)60/h11-35H,1-10H3. The van der Waals surface area contributed by atoms with Crippen molar-refractivity contribution in [1.29, 1.82) is 0 Å². The Hall–Kier alpha value is -7.62. The number of nitrogens with zero attached hydrogens (tertiary/aromatic N) is 1. The number of hydrogen-bond acceptors (Lipinski definition) is 3. The molecule has 11 aromatic rings. The fraction of sp³-hybridized carbons (Fsp3) is 0.194. The second-order valence-electron chi connectivity index (χ2n) is 22.2. The van der Waals surface area contributed by atoms with Gasteiger partial charge in [-0.3, -0.25) is 0 Å². The van der Waals surface area contributed by atoms with Crippen molar-refractivity contribution in [2.24, 2.45) is 0 Å². The van der Waals surface area contributed by atoms with E-state index in [1.807, 2.05) is 0 Å². The van der Waals surface area contributed by atoms with Crippen molar-refractivity contribution in [3.8, 4) is 44.5 Å². The Labute approximate surface area is 410 Å². The number of para-hydroxylation sites is 2. The Bertz CT molecular complexity index is 4120. The summed E-state index contributed by atoms with van der Waals surface area (Å²) in [6.07, 6.45) is 0. The highest BCUT2D eigenvalue weighted by Crippen LogP contribution is 2.64. The van der Waals surface area contributed by atoms with E-state index >= 15 is 0 Å². The number of anilines is 3. The highest BCUT2D eigenvalue weighted by Gasteiger charge is 2.49. The molecule has 0 amide bonds. The maximum Gasteiger partial charge on any atom is 0.144 e. The van der Waals surface area contributed by atoms with Crippen LogP contribution in [0.1, 0.15) is 97.2 Å². The van der Waals surface area contributed by atoms with Crippen molar-refractivity contribution in [3.63, 3.8) is 0 Å². The van der Waals surface area contributed by atoms with Gasteiger partial charge in [0.25, 0.3) is 0 Å². The van der Waals surface area contributed by atoms with E-state index in [1.54, 1.807) is 0 Å². The molecule has 340 valence electrons. The van der Waals surface area contributed by atoms with E-state index in [4.69, 9.17) is 8.83 Å². The van der Waals surface area contributed by atoms with Crippen LogP contribution in [0.2, 0.25) is 0 Å². The molecule has 14 rings (SSSR count). The van der Waals surface area contributed by atoms with Crippen LogP contribution in [0.5, 0.6) is 0 Å². The van der Waals surface area contributed by atoms with Gasteiger partial charge in [0.2, 0.25) is 0 Å². The van der Waals surface area contributed by atoms with Crippen molar-refractivity contribution in [1.82, 2.24) is 0 Å². The monoisotopic (exact) mass is 905 g/mol. The van der Waals surface area contributed by atoms with Gasteiger partial charge in [-0.15, -0.1) is 0 Å². The SMILES string of the molecule is Cc1cc(C)c(N(c2ccc3c(c2)C(C)(C)c2cc(-c4ccccc4C)c4oc5ccccc5c4c2-3)c2ccc3c(c2)C(C)(C)c2c4c(c5oc6ccccc6c5c2-3)-c2ccccc2C4(C)C)c(C)c1. The minimum Gasteiger partial charge on any atom is -0.455 e. The van der Waals surface area contributed by atoms with Gasteiger partial charge in [0.1, 0.15) is 22.3 Å². The fourth-order valence-electron chi connectivity index (χ4n) is 13.9. The number of aryl methyl sites for hydroxylation is 4. The predicted octanol–water partition coefficient (Wildman–Crippen LogP) is 18.8. The fourth-order valence-corrected chi connectivity index (χ4v) is 13.9. The van der Waals surface area contributed by atoms with Crippen molar-refractivity contribution in [2.75, 3.05) is 4.90 Å². The first-order valence-electron chi connectivity index (χ1n) is 25.0. The third-order valence-electron chi connectivity index (χ3n) is 17.0. The van der Waals surface area contributed by atoms with Crippen molar-refractivity contribution in [3.05, 3.63) is 207 Å². The summed E-state index contributed by atoms with van der Waals surface area (Å²) >= 11 is 0. The van der Waals surface area contributed by atoms with Gasteiger partial charge in [-0.2, -0.15) is 0 Å². The third kappa shape index (κ3) is 5.20. The van der Waals surface area contributed by atoms with E-state index in [-0.39, 0.29) is 16.2 Å². The molecule has 3 nitrogen and oxygen atoms in total. The van der Waals surface area contributed by atoms with Gasteiger partial charge in [0.15, 0.2) is 0 Å². The molecule has 70 heavy (non-hydrogen) atoms. The second kappa shape index (κ2) is 13.8. The Morgan fingerprint density at radius 3 is 1.53 bits per heavy atom. The lowest BCUT2D eigenvalue weighted by Crippen LogP contribution is -2.24. The number of benzene rings is 9. The summed E-state index contributed by atoms with van der Waals surface area (Å²) in [7, 11) is 0. The minimum atomic E-state index is -0.325. The first kappa shape index (κ1) is 41.4. The van der Waals surface area contributed by atoms with Crippen LogP contribution in [0.4, 0.5) is 17.1 Å². The van der Waals surface area contributed by atoms with Gasteiger partial charge in [0, 0.05) is 60.3 Å². The molecule has 9 aromatic carbocycles. The molecule has 3 aliphatic carbocycles. The lowest BCUT2D eigenvalue weighted by atomic mass is 9.72. The van der Waals surface area contributed by atoms with Crippen LogP contribution in [0, 0.1) is 27.7 Å². The largest absolute Gasteiger partial charge is 0.455 e. The molecule has 0 unspecified atom stereocenters. The maximum absolute atomic E-state index is 7.01. The zero-order valence-corrected chi connectivity index (χ0v) is 41.7. The molecule has 3 aliphatic rings. The topological polar surface area (TPSA) is 29.5 Å². The first-order valence-corrected chi connectivity index (χ1v) is 25.0. The highest BCUT2D eigenvalue weighted by atomic mass is 16.3. The molecular weight excluding hydrogens is 851 g/mol. The molecule has 0 aliphatic heterocycles. The average Bonchev–Trinajstić information content (AvgIpc) is 4.09. The molecule has 0 bridgehead atoms. The Balaban J connectivity index is 1.01. The van der Waals surface area contributed by atoms with Gasteiger partial charge < -0.3 is 13.7 Å². The second-order valence-corrected chi connectivity index (χ2v) is 22.2. The van der Waals surface area contributed by atoms with Crippen LogP contribution in [-0.4, -0.2) is 0 Å². The zero-order valence-electron chi connectivity index (χ0n) is 41.7. The molecule has 2 heterocycles. The summed E-state index contributed by atoms with van der Waals surface area (Å²) in [5.74, 6) is 0. The molecule has 3 heteroatoms. The summed E-state index contributed by atoms with van der Waals surface area (Å²) in [5, 5.41) is 4.76. The number of rotatable bonds is 4. The molecular formula is C67H55NO2. The Kier molecular flexibility index (Phi) is 8.15. The molecule has 0 saturated carbocycles. The number of fused-ring (bicyclic) bond motifs is 19. The third-order valence-corrected chi connectivity index (χ3v) is 17.0. The molecule has 0 radical (unpaired) electrons. The van der Waals surface area contributed by atoms with E-state index in [0.717, 1.165) is 44.7 Å². The quantitative estimate of drug-likeness (QED) is 0.176. The first-order chi connectivity index (χ1) is 33.7. The molecule has 0 saturated heterocycles. The van der Waals surface area contributed by atoms with E-state index in [9.17, 15) is 0 Å². The van der Waals surface area contributed by atoms with E-state index in [2.05, 4.69) is 226 Å². The zero-order chi connectivity index (χ0) is 47.9. The molecule has 0 fully saturated rings. The van der Waals surface area contributed by atoms with Gasteiger partial charge in [0.05, 0.1) is 5.69 Å². The summed E-state index contributed by atoms with van der Waals surface area (Å²) in [5.41, 5.74) is 29.7. The van der Waals surface area contributed by atoms with Crippen LogP contribution >= 0.6 is 0 Å². The summed E-state index contributed by atoms with van der Waals surface area (Å²) in [4.78, 5) is 2.55. The van der Waals surface area contributed by atoms with E-state index < -0.39 is 0 Å². The van der Waals surface area contributed by atoms with Crippen LogP contribution < -0.4 is 4.90 Å². The van der Waals surface area contributed by atoms with Gasteiger partial charge in [-0.05, 0) is 154 Å². The summed E-state index contributed by atoms with van der Waals surface area (Å²) < 4.78 is 13.9. The van der Waals surface area contributed by atoms with Gasteiger partial charge in [-0.25, -0.2) is 0 Å². The normalized spacial score (nSPS) is 15.3. The van der Waals surface area contributed by atoms with Crippen LogP contribution in [0.3, 0.4) is 0 Å². The molecule has 0 N–H and O–H groups in total. The van der Waals surface area contributed by atoms with Crippen molar-refractivity contribution >= 4 is 60.9 Å². The number of furan rings is 2. The highest BCUT2D eigenvalue weighted by molar-refractivity contribution is 6.21. The summed E-state index contributed by atoms with van der Waals surface area (Å²) in [6, 6.07) is 56.6. The minimum absolute atomic E-state index is 0.225. The molecule has 2 aromatic heterocycles. The smallest absolute Gasteiger partial charge is 0.144 e. The van der Waals surface area contributed by atoms with Crippen LogP contribution in [-0.2, 0) is 16.2 Å². The van der Waals surface area contributed by atoms with E-state index in [0.29, 0.717) is 0 Å². The van der Waals surface area contributed by atoms with Crippen LogP contribution in [0.25, 0.3) is 88.4 Å². The lowest BCUT2D eigenvalue weighted by molar-refractivity contribution is 0.600. The predicted molar refractivity (Wildman–Crippen MR) is 293 cm³/mol. The van der Waals surface area contributed by atoms with Crippen molar-refractivity contribution < 1.29 is 8.83 Å². The average molecular weight is 906 g/mol. The van der Waals surface area contributed by atoms with Crippen molar-refractivity contribution in [2.45, 2.75) is 85.5 Å². The lowest BCUT2D eigenvalue weighted by Gasteiger charge is -2.33. The summed E-state index contributed by atoms with van der Waals surface area (Å²) in [6.45, 7) is 23.6. The van der Waals surface area contributed by atoms with Gasteiger partial charge in [-0.1, -0.05) is 156 Å². The maximum atomic E-state index is 7.01.